The molecule has 1 aliphatic carbocycles. The molecule has 4 rings (SSSR count). The fourth-order valence-electron chi connectivity index (χ4n) is 4.47. The van der Waals surface area contributed by atoms with Gasteiger partial charge in [0.2, 0.25) is 5.75 Å². The summed E-state index contributed by atoms with van der Waals surface area (Å²) in [6.45, 7) is 7.10. The Morgan fingerprint density at radius 1 is 1.22 bits per heavy atom. The number of aromatic nitrogens is 2. The third kappa shape index (κ3) is 4.08. The Morgan fingerprint density at radius 2 is 1.94 bits per heavy atom. The molecule has 3 N–H and O–H groups in total. The van der Waals surface area contributed by atoms with E-state index < -0.39 is 23.2 Å². The first-order valence-electron chi connectivity index (χ1n) is 10.6. The predicted molar refractivity (Wildman–Crippen MR) is 125 cm³/mol. The number of nitrogens with zero attached hydrogens (tertiary/aromatic N) is 2. The number of halogens is 1. The van der Waals surface area contributed by atoms with Gasteiger partial charge in [-0.3, -0.25) is 9.69 Å². The van der Waals surface area contributed by atoms with Crippen LogP contribution in [0.15, 0.2) is 23.0 Å². The third-order valence-corrected chi connectivity index (χ3v) is 6.23. The first-order valence-corrected chi connectivity index (χ1v) is 10.6. The number of benzene rings is 1. The third-order valence-electron chi connectivity index (χ3n) is 6.23. The van der Waals surface area contributed by atoms with E-state index in [0.29, 0.717) is 17.7 Å². The zero-order chi connectivity index (χ0) is 22.3. The van der Waals surface area contributed by atoms with Crippen molar-refractivity contribution in [1.29, 1.82) is 0 Å². The van der Waals surface area contributed by atoms with Gasteiger partial charge in [-0.2, -0.15) is 0 Å². The number of nitrogens with one attached hydrogen (secondary N) is 1. The number of ether oxygens (including phenoxy) is 1. The quantitative estimate of drug-likeness (QED) is 0.495. The van der Waals surface area contributed by atoms with Crippen molar-refractivity contribution in [3.8, 4) is 22.8 Å². The van der Waals surface area contributed by atoms with Gasteiger partial charge in [-0.25, -0.2) is 4.79 Å². The van der Waals surface area contributed by atoms with Gasteiger partial charge >= 0.3 is 6.16 Å². The topological polar surface area (TPSA) is 108 Å². The van der Waals surface area contributed by atoms with Crippen LogP contribution in [0, 0.1) is 0 Å². The molecule has 32 heavy (non-hydrogen) atoms. The molecule has 172 valence electrons. The summed E-state index contributed by atoms with van der Waals surface area (Å²) in [7, 11) is 2.07. The molecule has 0 saturated heterocycles. The molecule has 9 heteroatoms. The zero-order valence-electron chi connectivity index (χ0n) is 18.4. The van der Waals surface area contributed by atoms with Gasteiger partial charge in [-0.15, -0.1) is 12.4 Å². The molecular formula is C23H28ClN3O5. The van der Waals surface area contributed by atoms with E-state index >= 15 is 0 Å². The second-order valence-corrected chi connectivity index (χ2v) is 7.93. The van der Waals surface area contributed by atoms with Gasteiger partial charge in [0.25, 0.3) is 5.56 Å². The molecule has 3 aromatic rings. The summed E-state index contributed by atoms with van der Waals surface area (Å²) in [5, 5.41) is 20.6. The molecule has 1 aromatic carbocycles. The van der Waals surface area contributed by atoms with E-state index in [1.165, 1.54) is 5.69 Å². The van der Waals surface area contributed by atoms with E-state index in [0.717, 1.165) is 54.5 Å². The number of carboxylic acid groups (broad SMARTS) is 1. The predicted octanol–water partition coefficient (Wildman–Crippen LogP) is 4.05. The molecule has 2 heterocycles. The first kappa shape index (κ1) is 23.7. The molecule has 0 bridgehead atoms. The summed E-state index contributed by atoms with van der Waals surface area (Å²) in [4.78, 5) is 28.5. The van der Waals surface area contributed by atoms with E-state index in [2.05, 4.69) is 52.2 Å². The van der Waals surface area contributed by atoms with Crippen LogP contribution in [0.25, 0.3) is 22.2 Å². The van der Waals surface area contributed by atoms with Crippen LogP contribution in [-0.2, 0) is 26.4 Å². The molecule has 0 saturated carbocycles. The fourth-order valence-corrected chi connectivity index (χ4v) is 4.47. The highest BCUT2D eigenvalue weighted by Crippen LogP contribution is 2.40. The van der Waals surface area contributed by atoms with E-state index in [4.69, 9.17) is 5.11 Å². The molecule has 0 fully saturated rings. The molecule has 8 nitrogen and oxygen atoms in total. The van der Waals surface area contributed by atoms with Crippen LogP contribution in [0.3, 0.4) is 0 Å². The van der Waals surface area contributed by atoms with Crippen LogP contribution in [0.2, 0.25) is 0 Å². The summed E-state index contributed by atoms with van der Waals surface area (Å²) in [6, 6.07) is 6.37. The van der Waals surface area contributed by atoms with Crippen molar-refractivity contribution in [2.75, 3.05) is 13.1 Å². The number of aryl methyl sites for hydroxylation is 2. The van der Waals surface area contributed by atoms with Gasteiger partial charge in [0.15, 0.2) is 5.75 Å². The minimum atomic E-state index is -1.64. The molecule has 1 aliphatic rings. The number of carbonyl (C=O) groups is 1. The van der Waals surface area contributed by atoms with Crippen LogP contribution in [-0.4, -0.2) is 43.9 Å². The Bertz CT molecular complexity index is 1230. The van der Waals surface area contributed by atoms with Crippen LogP contribution in [0.1, 0.15) is 37.1 Å². The normalized spacial score (nSPS) is 12.8. The maximum Gasteiger partial charge on any atom is 0.511 e. The van der Waals surface area contributed by atoms with E-state index in [1.54, 1.807) is 0 Å². The Balaban J connectivity index is 0.00000289. The van der Waals surface area contributed by atoms with Crippen molar-refractivity contribution < 1.29 is 19.7 Å². The van der Waals surface area contributed by atoms with Crippen molar-refractivity contribution in [3.63, 3.8) is 0 Å². The lowest BCUT2D eigenvalue weighted by atomic mass is 9.99. The number of hydrogen-bond donors (Lipinski definition) is 3. The molecule has 0 radical (unpaired) electrons. The number of hydrogen-bond acceptors (Lipinski definition) is 5. The highest BCUT2D eigenvalue weighted by atomic mass is 35.5. The Hall–Kier alpha value is -2.97. The largest absolute Gasteiger partial charge is 0.511 e. The molecular weight excluding hydrogens is 434 g/mol. The Labute approximate surface area is 191 Å². The minimum absolute atomic E-state index is 0. The lowest BCUT2D eigenvalue weighted by Gasteiger charge is -2.18. The zero-order valence-corrected chi connectivity index (χ0v) is 19.2. The summed E-state index contributed by atoms with van der Waals surface area (Å²) < 4.78 is 6.75. The molecule has 0 amide bonds. The maximum atomic E-state index is 12.5. The van der Waals surface area contributed by atoms with Gasteiger partial charge < -0.3 is 24.5 Å². The summed E-state index contributed by atoms with van der Waals surface area (Å²) in [5.74, 6) is -0.971. The second-order valence-electron chi connectivity index (χ2n) is 7.93. The highest BCUT2D eigenvalue weighted by molar-refractivity contribution is 5.89. The second kappa shape index (κ2) is 9.26. The molecule has 0 spiro atoms. The van der Waals surface area contributed by atoms with E-state index in [9.17, 15) is 14.7 Å². The van der Waals surface area contributed by atoms with Gasteiger partial charge in [-0.1, -0.05) is 13.8 Å². The molecule has 0 atom stereocenters. The lowest BCUT2D eigenvalue weighted by molar-refractivity contribution is 0.142. The van der Waals surface area contributed by atoms with Crippen LogP contribution in [0.5, 0.6) is 11.5 Å². The van der Waals surface area contributed by atoms with Crippen LogP contribution in [0.4, 0.5) is 4.79 Å². The molecule has 2 aromatic heterocycles. The van der Waals surface area contributed by atoms with Crippen molar-refractivity contribution in [2.24, 2.45) is 7.05 Å². The van der Waals surface area contributed by atoms with Crippen LogP contribution < -0.4 is 10.3 Å². The first-order chi connectivity index (χ1) is 14.8. The number of H-pyrrole nitrogens is 1. The highest BCUT2D eigenvalue weighted by Gasteiger charge is 2.25. The number of aromatic amines is 1. The Morgan fingerprint density at radius 3 is 2.59 bits per heavy atom. The van der Waals surface area contributed by atoms with Crippen molar-refractivity contribution in [3.05, 3.63) is 45.4 Å². The summed E-state index contributed by atoms with van der Waals surface area (Å²) in [5.41, 5.74) is 4.55. The summed E-state index contributed by atoms with van der Waals surface area (Å²) in [6.07, 6.45) is 0.412. The smallest absolute Gasteiger partial charge is 0.504 e. The molecule has 0 aliphatic heterocycles. The van der Waals surface area contributed by atoms with Crippen LogP contribution >= 0.6 is 12.4 Å². The average Bonchev–Trinajstić information content (AvgIpc) is 2.92. The minimum Gasteiger partial charge on any atom is -0.504 e. The van der Waals surface area contributed by atoms with Crippen molar-refractivity contribution in [1.82, 2.24) is 14.5 Å². The van der Waals surface area contributed by atoms with Gasteiger partial charge in [0.05, 0.1) is 5.69 Å². The van der Waals surface area contributed by atoms with E-state index in [1.807, 2.05) is 6.07 Å². The number of fused-ring (bicyclic) bond motifs is 4. The lowest BCUT2D eigenvalue weighted by Crippen LogP contribution is -2.23. The Kier molecular flexibility index (Phi) is 6.85. The number of aromatic hydroxyl groups is 1. The monoisotopic (exact) mass is 461 g/mol. The SMILES string of the molecule is CCN(CC)Cc1cc2cc3c(cc2n1C)CCCc1c-3[nH]c(=O)c(OC(=O)O)c1O.Cl. The number of rotatable bonds is 5. The van der Waals surface area contributed by atoms with Gasteiger partial charge in [-0.05, 0) is 56.1 Å². The molecule has 0 unspecified atom stereocenters. The van der Waals surface area contributed by atoms with Gasteiger partial charge in [0.1, 0.15) is 0 Å². The average molecular weight is 462 g/mol. The van der Waals surface area contributed by atoms with E-state index in [-0.39, 0.29) is 12.4 Å². The van der Waals surface area contributed by atoms with Crippen molar-refractivity contribution >= 4 is 29.5 Å². The van der Waals surface area contributed by atoms with Crippen molar-refractivity contribution in [2.45, 2.75) is 39.7 Å². The number of pyridine rings is 1. The standard InChI is InChI=1S/C23H27N3O5.ClH/c1-4-26(5-2)12-15-9-14-10-17-13(11-18(14)25(15)3)7-6-8-16-19(17)24-22(28)21(20(16)27)31-23(29)30;/h9-11H,4-8,12H2,1-3H3,(H,29,30)(H2,24,27,28);1H. The summed E-state index contributed by atoms with van der Waals surface area (Å²) >= 11 is 0. The fraction of sp³-hybridized carbons (Fsp3) is 0.391. The van der Waals surface area contributed by atoms with Gasteiger partial charge in [0, 0.05) is 41.3 Å². The maximum absolute atomic E-state index is 12.5.